The van der Waals surface area contributed by atoms with Crippen molar-refractivity contribution in [3.63, 3.8) is 0 Å². The lowest BCUT2D eigenvalue weighted by Gasteiger charge is -2.27. The van der Waals surface area contributed by atoms with Gasteiger partial charge < -0.3 is 10.6 Å². The highest BCUT2D eigenvalue weighted by Crippen LogP contribution is 2.24. The number of nitrogens with one attached hydrogen (secondary N) is 3. The Morgan fingerprint density at radius 2 is 1.33 bits per heavy atom. The SMILES string of the molecule is CC(=O)Nc1ccc(NC(=O)[C@@H](C)N[C@H](c2ccc(CC(C)C)cc2)C(C)C)cc1. The van der Waals surface area contributed by atoms with Gasteiger partial charge in [-0.25, -0.2) is 0 Å². The third-order valence-corrected chi connectivity index (χ3v) is 4.95. The number of rotatable bonds is 9. The molecule has 0 spiro atoms. The summed E-state index contributed by atoms with van der Waals surface area (Å²) in [4.78, 5) is 23.8. The van der Waals surface area contributed by atoms with E-state index in [1.807, 2.05) is 6.92 Å². The fourth-order valence-electron chi connectivity index (χ4n) is 3.44. The molecular formula is C25H35N3O2. The van der Waals surface area contributed by atoms with Crippen molar-refractivity contribution in [3.8, 4) is 0 Å². The van der Waals surface area contributed by atoms with Gasteiger partial charge in [0.05, 0.1) is 6.04 Å². The van der Waals surface area contributed by atoms with E-state index < -0.39 is 0 Å². The van der Waals surface area contributed by atoms with Gasteiger partial charge in [0.25, 0.3) is 0 Å². The van der Waals surface area contributed by atoms with Crippen LogP contribution in [0.5, 0.6) is 0 Å². The second-order valence-electron chi connectivity index (χ2n) is 8.70. The zero-order chi connectivity index (χ0) is 22.3. The zero-order valence-electron chi connectivity index (χ0n) is 19.0. The summed E-state index contributed by atoms with van der Waals surface area (Å²) >= 11 is 0. The molecule has 5 nitrogen and oxygen atoms in total. The Hall–Kier alpha value is -2.66. The van der Waals surface area contributed by atoms with Crippen LogP contribution in [-0.2, 0) is 16.0 Å². The van der Waals surface area contributed by atoms with E-state index in [0.717, 1.165) is 6.42 Å². The lowest BCUT2D eigenvalue weighted by molar-refractivity contribution is -0.118. The molecule has 0 unspecified atom stereocenters. The van der Waals surface area contributed by atoms with Crippen LogP contribution in [0.2, 0.25) is 0 Å². The van der Waals surface area contributed by atoms with E-state index in [-0.39, 0.29) is 23.9 Å². The van der Waals surface area contributed by atoms with Crippen LogP contribution < -0.4 is 16.0 Å². The highest BCUT2D eigenvalue weighted by molar-refractivity contribution is 5.95. The van der Waals surface area contributed by atoms with Gasteiger partial charge in [-0.3, -0.25) is 14.9 Å². The lowest BCUT2D eigenvalue weighted by atomic mass is 9.93. The van der Waals surface area contributed by atoms with E-state index >= 15 is 0 Å². The molecule has 0 aliphatic carbocycles. The predicted molar refractivity (Wildman–Crippen MR) is 125 cm³/mol. The standard InChI is InChI=1S/C25H35N3O2/c1-16(2)15-20-7-9-21(10-8-20)24(17(3)4)26-18(5)25(30)28-23-13-11-22(12-14-23)27-19(6)29/h7-14,16-18,24,26H,15H2,1-6H3,(H,27,29)(H,28,30)/t18-,24+/m1/s1. The number of hydrogen-bond acceptors (Lipinski definition) is 3. The molecule has 162 valence electrons. The van der Waals surface area contributed by atoms with Crippen molar-refractivity contribution in [2.24, 2.45) is 11.8 Å². The second kappa shape index (κ2) is 10.9. The van der Waals surface area contributed by atoms with E-state index in [0.29, 0.717) is 23.2 Å². The molecule has 2 atom stereocenters. The van der Waals surface area contributed by atoms with Gasteiger partial charge >= 0.3 is 0 Å². The predicted octanol–water partition coefficient (Wildman–Crippen LogP) is 5.16. The summed E-state index contributed by atoms with van der Waals surface area (Å²) in [7, 11) is 0. The molecule has 30 heavy (non-hydrogen) atoms. The van der Waals surface area contributed by atoms with E-state index in [1.165, 1.54) is 18.1 Å². The molecule has 0 aliphatic rings. The molecule has 0 aromatic heterocycles. The molecule has 0 bridgehead atoms. The molecule has 5 heteroatoms. The Morgan fingerprint density at radius 1 is 0.800 bits per heavy atom. The maximum atomic E-state index is 12.7. The van der Waals surface area contributed by atoms with Crippen LogP contribution in [0.1, 0.15) is 58.7 Å². The summed E-state index contributed by atoms with van der Waals surface area (Å²) in [6.45, 7) is 12.1. The number of hydrogen-bond donors (Lipinski definition) is 3. The fourth-order valence-corrected chi connectivity index (χ4v) is 3.44. The third kappa shape index (κ3) is 7.30. The van der Waals surface area contributed by atoms with Crippen LogP contribution in [0, 0.1) is 11.8 Å². The van der Waals surface area contributed by atoms with Crippen molar-refractivity contribution >= 4 is 23.2 Å². The zero-order valence-corrected chi connectivity index (χ0v) is 19.0. The molecule has 2 aromatic carbocycles. The Morgan fingerprint density at radius 3 is 1.80 bits per heavy atom. The van der Waals surface area contributed by atoms with Crippen molar-refractivity contribution in [1.29, 1.82) is 0 Å². The quantitative estimate of drug-likeness (QED) is 0.536. The summed E-state index contributed by atoms with van der Waals surface area (Å²) in [6.07, 6.45) is 1.07. The summed E-state index contributed by atoms with van der Waals surface area (Å²) in [6, 6.07) is 15.5. The minimum Gasteiger partial charge on any atom is -0.326 e. The first-order chi connectivity index (χ1) is 14.2. The van der Waals surface area contributed by atoms with Crippen LogP contribution in [0.25, 0.3) is 0 Å². The molecule has 2 aromatic rings. The van der Waals surface area contributed by atoms with Gasteiger partial charge in [0, 0.05) is 24.3 Å². The Balaban J connectivity index is 2.00. The minimum atomic E-state index is -0.359. The van der Waals surface area contributed by atoms with E-state index in [9.17, 15) is 9.59 Å². The average molecular weight is 410 g/mol. The Kier molecular flexibility index (Phi) is 8.60. The number of anilines is 2. The van der Waals surface area contributed by atoms with Crippen LogP contribution in [0.4, 0.5) is 11.4 Å². The van der Waals surface area contributed by atoms with E-state index in [4.69, 9.17) is 0 Å². The molecule has 3 N–H and O–H groups in total. The van der Waals surface area contributed by atoms with Crippen molar-refractivity contribution < 1.29 is 9.59 Å². The number of carbonyl (C=O) groups is 2. The molecule has 2 amide bonds. The Labute approximate surface area is 180 Å². The largest absolute Gasteiger partial charge is 0.326 e. The van der Waals surface area contributed by atoms with Gasteiger partial charge in [-0.2, -0.15) is 0 Å². The highest BCUT2D eigenvalue weighted by Gasteiger charge is 2.22. The maximum Gasteiger partial charge on any atom is 0.241 e. The Bertz CT molecular complexity index is 826. The summed E-state index contributed by atoms with van der Waals surface area (Å²) in [5.74, 6) is 0.755. The first-order valence-electron chi connectivity index (χ1n) is 10.7. The molecule has 0 aliphatic heterocycles. The minimum absolute atomic E-state index is 0.0843. The van der Waals surface area contributed by atoms with Crippen LogP contribution in [-0.4, -0.2) is 17.9 Å². The van der Waals surface area contributed by atoms with Gasteiger partial charge in [0.1, 0.15) is 0 Å². The molecular weight excluding hydrogens is 374 g/mol. The average Bonchev–Trinajstić information content (AvgIpc) is 2.67. The molecule has 0 saturated carbocycles. The van der Waals surface area contributed by atoms with Crippen LogP contribution in [0.3, 0.4) is 0 Å². The van der Waals surface area contributed by atoms with Crippen molar-refractivity contribution in [1.82, 2.24) is 5.32 Å². The maximum absolute atomic E-state index is 12.7. The third-order valence-electron chi connectivity index (χ3n) is 4.95. The number of benzene rings is 2. The van der Waals surface area contributed by atoms with Crippen molar-refractivity contribution in [2.45, 2.75) is 60.0 Å². The lowest BCUT2D eigenvalue weighted by Crippen LogP contribution is -2.41. The molecule has 0 saturated heterocycles. The monoisotopic (exact) mass is 409 g/mol. The molecule has 0 radical (unpaired) electrons. The first kappa shape index (κ1) is 23.6. The van der Waals surface area contributed by atoms with Gasteiger partial charge in [-0.15, -0.1) is 0 Å². The van der Waals surface area contributed by atoms with Gasteiger partial charge in [-0.05, 0) is 60.6 Å². The molecule has 2 rings (SSSR count). The summed E-state index contributed by atoms with van der Waals surface area (Å²) in [5, 5.41) is 9.13. The smallest absolute Gasteiger partial charge is 0.241 e. The number of amides is 2. The molecule has 0 fully saturated rings. The number of carbonyl (C=O) groups excluding carboxylic acids is 2. The summed E-state index contributed by atoms with van der Waals surface area (Å²) < 4.78 is 0. The molecule has 0 heterocycles. The van der Waals surface area contributed by atoms with Crippen molar-refractivity contribution in [3.05, 3.63) is 59.7 Å². The fraction of sp³-hybridized carbons (Fsp3) is 0.440. The normalized spacial score (nSPS) is 13.2. The summed E-state index contributed by atoms with van der Waals surface area (Å²) in [5.41, 5.74) is 3.93. The van der Waals surface area contributed by atoms with E-state index in [1.54, 1.807) is 24.3 Å². The highest BCUT2D eigenvalue weighted by atomic mass is 16.2. The van der Waals surface area contributed by atoms with Gasteiger partial charge in [0.2, 0.25) is 11.8 Å². The van der Waals surface area contributed by atoms with Crippen LogP contribution >= 0.6 is 0 Å². The first-order valence-corrected chi connectivity index (χ1v) is 10.7. The van der Waals surface area contributed by atoms with Crippen LogP contribution in [0.15, 0.2) is 48.5 Å². The topological polar surface area (TPSA) is 70.2 Å². The van der Waals surface area contributed by atoms with Gasteiger partial charge in [-0.1, -0.05) is 52.0 Å². The van der Waals surface area contributed by atoms with Gasteiger partial charge in [0.15, 0.2) is 0 Å². The van der Waals surface area contributed by atoms with E-state index in [2.05, 4.69) is 67.9 Å². The van der Waals surface area contributed by atoms with Crippen molar-refractivity contribution in [2.75, 3.05) is 10.6 Å². The second-order valence-corrected chi connectivity index (χ2v) is 8.70.